The maximum absolute atomic E-state index is 11.8. The van der Waals surface area contributed by atoms with Crippen LogP contribution in [0.3, 0.4) is 0 Å². The van der Waals surface area contributed by atoms with Gasteiger partial charge in [0.25, 0.3) is 0 Å². The van der Waals surface area contributed by atoms with Crippen LogP contribution in [0.15, 0.2) is 23.3 Å². The Bertz CT molecular complexity index is 340. The molecule has 2 nitrogen and oxygen atoms in total. The first-order valence-electron chi connectivity index (χ1n) is 5.33. The maximum atomic E-state index is 11.8. The largest absolute Gasteiger partial charge is 0.295 e. The fourth-order valence-electron chi connectivity index (χ4n) is 1.49. The predicted octanol–water partition coefficient (Wildman–Crippen LogP) is 3.18. The molecular formula is C13H20O2S. The average molecular weight is 240 g/mol. The number of rotatable bonds is 6. The van der Waals surface area contributed by atoms with Gasteiger partial charge in [0, 0.05) is 22.8 Å². The standard InChI is InChI=1S/C13H20O2S/c1-7-11(14)12(10(5)16-6)9(4)13(15)8(2)3/h10H,2,7H2,1,3-6H3/b12-9-. The molecule has 0 aromatic carbocycles. The predicted molar refractivity (Wildman–Crippen MR) is 70.8 cm³/mol. The van der Waals surface area contributed by atoms with Crippen LogP contribution in [0, 0.1) is 0 Å². The summed E-state index contributed by atoms with van der Waals surface area (Å²) in [6.07, 6.45) is 2.37. The number of hydrogen-bond acceptors (Lipinski definition) is 3. The molecule has 3 heteroatoms. The van der Waals surface area contributed by atoms with E-state index < -0.39 is 0 Å². The molecule has 0 saturated heterocycles. The van der Waals surface area contributed by atoms with Gasteiger partial charge in [-0.05, 0) is 32.6 Å². The van der Waals surface area contributed by atoms with Crippen LogP contribution in [0.4, 0.5) is 0 Å². The van der Waals surface area contributed by atoms with Crippen LogP contribution in [-0.2, 0) is 9.59 Å². The molecule has 0 fully saturated rings. The Hall–Kier alpha value is -0.830. The van der Waals surface area contributed by atoms with Gasteiger partial charge in [0.2, 0.25) is 0 Å². The molecule has 0 radical (unpaired) electrons. The fourth-order valence-corrected chi connectivity index (χ4v) is 2.04. The van der Waals surface area contributed by atoms with Gasteiger partial charge in [-0.15, -0.1) is 0 Å². The zero-order valence-electron chi connectivity index (χ0n) is 10.7. The summed E-state index contributed by atoms with van der Waals surface area (Å²) >= 11 is 1.57. The van der Waals surface area contributed by atoms with E-state index in [4.69, 9.17) is 0 Å². The van der Waals surface area contributed by atoms with Crippen molar-refractivity contribution in [3.8, 4) is 0 Å². The first-order valence-corrected chi connectivity index (χ1v) is 6.62. The number of allylic oxidation sites excluding steroid dienone is 2. The van der Waals surface area contributed by atoms with E-state index in [1.165, 1.54) is 0 Å². The van der Waals surface area contributed by atoms with Crippen LogP contribution in [0.25, 0.3) is 0 Å². The van der Waals surface area contributed by atoms with Gasteiger partial charge in [0.05, 0.1) is 0 Å². The zero-order chi connectivity index (χ0) is 12.9. The number of Topliss-reactive ketones (excluding diaryl/α,β-unsaturated/α-hetero) is 2. The molecule has 16 heavy (non-hydrogen) atoms. The molecule has 0 aliphatic rings. The smallest absolute Gasteiger partial charge is 0.184 e. The Kier molecular flexibility index (Phi) is 6.34. The SMILES string of the molecule is C=C(C)C(=O)/C(C)=C(\C(=O)CC)C(C)SC. The molecule has 0 rings (SSSR count). The quantitative estimate of drug-likeness (QED) is 0.669. The highest BCUT2D eigenvalue weighted by Crippen LogP contribution is 2.23. The average Bonchev–Trinajstić information content (AvgIpc) is 2.27. The van der Waals surface area contributed by atoms with Crippen LogP contribution in [0.2, 0.25) is 0 Å². The first-order chi connectivity index (χ1) is 7.36. The van der Waals surface area contributed by atoms with E-state index in [9.17, 15) is 9.59 Å². The molecule has 0 N–H and O–H groups in total. The minimum Gasteiger partial charge on any atom is -0.295 e. The molecule has 0 saturated carbocycles. The fraction of sp³-hybridized carbons (Fsp3) is 0.538. The van der Waals surface area contributed by atoms with Crippen LogP contribution in [0.5, 0.6) is 0 Å². The highest BCUT2D eigenvalue weighted by Gasteiger charge is 2.21. The highest BCUT2D eigenvalue weighted by molar-refractivity contribution is 7.99. The summed E-state index contributed by atoms with van der Waals surface area (Å²) in [6, 6.07) is 0. The Morgan fingerprint density at radius 3 is 2.12 bits per heavy atom. The van der Waals surface area contributed by atoms with Gasteiger partial charge in [-0.2, -0.15) is 11.8 Å². The van der Waals surface area contributed by atoms with Crippen molar-refractivity contribution in [2.45, 2.75) is 39.4 Å². The molecule has 90 valence electrons. The van der Waals surface area contributed by atoms with Crippen molar-refractivity contribution in [2.75, 3.05) is 6.26 Å². The van der Waals surface area contributed by atoms with Crippen molar-refractivity contribution in [3.63, 3.8) is 0 Å². The lowest BCUT2D eigenvalue weighted by Gasteiger charge is -2.15. The van der Waals surface area contributed by atoms with E-state index in [-0.39, 0.29) is 16.8 Å². The number of carbonyl (C=O) groups is 2. The number of thioether (sulfide) groups is 1. The van der Waals surface area contributed by atoms with Gasteiger partial charge < -0.3 is 0 Å². The molecule has 0 spiro atoms. The molecule has 1 unspecified atom stereocenters. The molecule has 0 aliphatic heterocycles. The molecule has 0 heterocycles. The van der Waals surface area contributed by atoms with Gasteiger partial charge in [0.15, 0.2) is 11.6 Å². The van der Waals surface area contributed by atoms with Crippen molar-refractivity contribution in [3.05, 3.63) is 23.3 Å². The normalized spacial score (nSPS) is 14.1. The van der Waals surface area contributed by atoms with Crippen molar-refractivity contribution < 1.29 is 9.59 Å². The van der Waals surface area contributed by atoms with E-state index in [1.807, 2.05) is 20.1 Å². The summed E-state index contributed by atoms with van der Waals surface area (Å²) in [4.78, 5) is 23.6. The Morgan fingerprint density at radius 2 is 1.81 bits per heavy atom. The van der Waals surface area contributed by atoms with Crippen LogP contribution < -0.4 is 0 Å². The summed E-state index contributed by atoms with van der Waals surface area (Å²) in [7, 11) is 0. The second kappa shape index (κ2) is 6.69. The van der Waals surface area contributed by atoms with Crippen LogP contribution >= 0.6 is 11.8 Å². The van der Waals surface area contributed by atoms with Crippen molar-refractivity contribution in [1.29, 1.82) is 0 Å². The second-order valence-electron chi connectivity index (χ2n) is 3.80. The molecule has 1 atom stereocenters. The van der Waals surface area contributed by atoms with Crippen LogP contribution in [0.1, 0.15) is 34.1 Å². The lowest BCUT2D eigenvalue weighted by atomic mass is 9.95. The van der Waals surface area contributed by atoms with Crippen molar-refractivity contribution in [1.82, 2.24) is 0 Å². The maximum Gasteiger partial charge on any atom is 0.184 e. The Morgan fingerprint density at radius 1 is 1.31 bits per heavy atom. The molecule has 0 aromatic rings. The van der Waals surface area contributed by atoms with Gasteiger partial charge in [-0.1, -0.05) is 13.5 Å². The van der Waals surface area contributed by atoms with E-state index in [2.05, 4.69) is 6.58 Å². The minimum atomic E-state index is -0.113. The summed E-state index contributed by atoms with van der Waals surface area (Å²) in [5, 5.41) is 0.0516. The molecule has 0 aromatic heterocycles. The third-order valence-corrected chi connectivity index (χ3v) is 3.46. The highest BCUT2D eigenvalue weighted by atomic mass is 32.2. The van der Waals surface area contributed by atoms with E-state index in [0.717, 1.165) is 0 Å². The molecule has 0 bridgehead atoms. The topological polar surface area (TPSA) is 34.1 Å². The minimum absolute atomic E-state index is 0.0500. The molecule has 0 amide bonds. The number of carbonyl (C=O) groups excluding carboxylic acids is 2. The lowest BCUT2D eigenvalue weighted by Crippen LogP contribution is -2.17. The number of ketones is 2. The Labute approximate surface area is 102 Å². The van der Waals surface area contributed by atoms with Gasteiger partial charge in [-0.3, -0.25) is 9.59 Å². The Balaban J connectivity index is 5.45. The summed E-state index contributed by atoms with van der Waals surface area (Å²) in [5.74, 6) is -0.0633. The van der Waals surface area contributed by atoms with Gasteiger partial charge >= 0.3 is 0 Å². The van der Waals surface area contributed by atoms with Gasteiger partial charge in [0.1, 0.15) is 0 Å². The van der Waals surface area contributed by atoms with Crippen molar-refractivity contribution >= 4 is 23.3 Å². The third kappa shape index (κ3) is 3.63. The summed E-state index contributed by atoms with van der Waals surface area (Å²) < 4.78 is 0. The summed E-state index contributed by atoms with van der Waals surface area (Å²) in [6.45, 7) is 10.8. The third-order valence-electron chi connectivity index (χ3n) is 2.51. The van der Waals surface area contributed by atoms with Gasteiger partial charge in [-0.25, -0.2) is 0 Å². The summed E-state index contributed by atoms with van der Waals surface area (Å²) in [5.41, 5.74) is 1.66. The monoisotopic (exact) mass is 240 g/mol. The van der Waals surface area contributed by atoms with Crippen LogP contribution in [-0.4, -0.2) is 23.1 Å². The first kappa shape index (κ1) is 15.2. The lowest BCUT2D eigenvalue weighted by molar-refractivity contribution is -0.116. The molecule has 0 aliphatic carbocycles. The second-order valence-corrected chi connectivity index (χ2v) is 4.98. The van der Waals surface area contributed by atoms with Crippen molar-refractivity contribution in [2.24, 2.45) is 0 Å². The van der Waals surface area contributed by atoms with E-state index in [0.29, 0.717) is 23.1 Å². The zero-order valence-corrected chi connectivity index (χ0v) is 11.5. The number of hydrogen-bond donors (Lipinski definition) is 0. The van der Waals surface area contributed by atoms with E-state index in [1.54, 1.807) is 25.6 Å². The van der Waals surface area contributed by atoms with E-state index >= 15 is 0 Å². The molecular weight excluding hydrogens is 220 g/mol.